The summed E-state index contributed by atoms with van der Waals surface area (Å²) in [5, 5.41) is 1.08. The maximum absolute atomic E-state index is 6.02. The van der Waals surface area contributed by atoms with Gasteiger partial charge in [-0.2, -0.15) is 0 Å². The minimum Gasteiger partial charge on any atom is -0.382 e. The van der Waals surface area contributed by atoms with Crippen molar-refractivity contribution in [1.29, 1.82) is 0 Å². The van der Waals surface area contributed by atoms with Crippen molar-refractivity contribution in [3.63, 3.8) is 0 Å². The van der Waals surface area contributed by atoms with Crippen LogP contribution in [0.25, 0.3) is 21.9 Å². The second-order valence-electron chi connectivity index (χ2n) is 5.45. The van der Waals surface area contributed by atoms with E-state index in [1.807, 2.05) is 12.1 Å². The van der Waals surface area contributed by atoms with Crippen LogP contribution in [0.4, 0.5) is 5.82 Å². The van der Waals surface area contributed by atoms with Gasteiger partial charge in [0.05, 0.1) is 11.4 Å². The average molecular weight is 325 g/mol. The highest BCUT2D eigenvalue weighted by Gasteiger charge is 2.14. The minimum atomic E-state index is 0. The highest BCUT2D eigenvalue weighted by Crippen LogP contribution is 2.30. The summed E-state index contributed by atoms with van der Waals surface area (Å²) in [4.78, 5) is 12.2. The second-order valence-corrected chi connectivity index (χ2v) is 5.71. The van der Waals surface area contributed by atoms with E-state index in [9.17, 15) is 0 Å². The van der Waals surface area contributed by atoms with Crippen LogP contribution in [0.3, 0.4) is 0 Å². The normalized spacial score (nSPS) is 11.2. The number of hydrogen-bond donors (Lipinski definition) is 2. The molecule has 2 aromatic heterocycles. The van der Waals surface area contributed by atoms with Crippen LogP contribution in [-0.2, 0) is 12.3 Å². The van der Waals surface area contributed by atoms with E-state index in [0.717, 1.165) is 34.2 Å². The van der Waals surface area contributed by atoms with Crippen molar-refractivity contribution >= 4 is 51.8 Å². The highest BCUT2D eigenvalue weighted by atomic mass is 35.5. The molecule has 0 saturated heterocycles. The summed E-state index contributed by atoms with van der Waals surface area (Å²) in [6, 6.07) is 6.13. The van der Waals surface area contributed by atoms with Crippen molar-refractivity contribution in [1.82, 2.24) is 15.0 Å². The Kier molecular flexibility index (Phi) is 4.59. The zero-order chi connectivity index (χ0) is 14.3. The zero-order valence-corrected chi connectivity index (χ0v) is 13.6. The summed E-state index contributed by atoms with van der Waals surface area (Å²) in [5.41, 5.74) is 9.81. The summed E-state index contributed by atoms with van der Waals surface area (Å²) in [5.74, 6) is 2.10. The van der Waals surface area contributed by atoms with Gasteiger partial charge in [-0.05, 0) is 24.0 Å². The van der Waals surface area contributed by atoms with Gasteiger partial charge in [0, 0.05) is 5.39 Å². The number of rotatable bonds is 3. The van der Waals surface area contributed by atoms with Crippen molar-refractivity contribution in [2.24, 2.45) is 5.92 Å². The molecule has 0 aliphatic carbocycles. The predicted molar refractivity (Wildman–Crippen MR) is 91.2 cm³/mol. The molecule has 3 N–H and O–H groups in total. The van der Waals surface area contributed by atoms with Crippen LogP contribution < -0.4 is 5.73 Å². The van der Waals surface area contributed by atoms with Gasteiger partial charge in [-0.15, -0.1) is 24.0 Å². The fourth-order valence-corrected chi connectivity index (χ4v) is 2.73. The van der Waals surface area contributed by atoms with Crippen LogP contribution in [0, 0.1) is 5.92 Å². The lowest BCUT2D eigenvalue weighted by Gasteiger charge is -2.09. The number of hydrogen-bond acceptors (Lipinski definition) is 3. The molecule has 0 aliphatic rings. The molecule has 4 nitrogen and oxygen atoms in total. The van der Waals surface area contributed by atoms with Gasteiger partial charge in [0.2, 0.25) is 0 Å². The van der Waals surface area contributed by atoms with E-state index < -0.39 is 0 Å². The van der Waals surface area contributed by atoms with Gasteiger partial charge in [0.1, 0.15) is 22.7 Å². The molecular weight excluding hydrogens is 307 g/mol. The van der Waals surface area contributed by atoms with Gasteiger partial charge in [-0.25, -0.2) is 9.97 Å². The molecule has 1 aromatic carbocycles. The van der Waals surface area contributed by atoms with E-state index in [2.05, 4.69) is 34.9 Å². The van der Waals surface area contributed by atoms with Gasteiger partial charge in [0.25, 0.3) is 0 Å². The fourth-order valence-electron chi connectivity index (χ4n) is 2.60. The van der Waals surface area contributed by atoms with Gasteiger partial charge >= 0.3 is 0 Å². The van der Waals surface area contributed by atoms with E-state index in [-0.39, 0.29) is 12.4 Å². The largest absolute Gasteiger partial charge is 0.382 e. The summed E-state index contributed by atoms with van der Waals surface area (Å²) in [7, 11) is 0. The standard InChI is InChI=1S/C15H17ClN4.ClH/c1-8(2)6-9-4-3-5-10-12(9)13-14(15(17)18-10)20-11(7-16)19-13;/h3-5,8H,6-7H2,1-2H3,(H2,17,18)(H,19,20);1H. The van der Waals surface area contributed by atoms with E-state index in [1.165, 1.54) is 5.56 Å². The molecule has 3 rings (SSSR count). The van der Waals surface area contributed by atoms with E-state index >= 15 is 0 Å². The Balaban J connectivity index is 0.00000161. The first kappa shape index (κ1) is 15.9. The lowest BCUT2D eigenvalue weighted by molar-refractivity contribution is 0.650. The molecule has 6 heteroatoms. The first-order valence-corrected chi connectivity index (χ1v) is 7.25. The van der Waals surface area contributed by atoms with E-state index in [4.69, 9.17) is 17.3 Å². The number of nitrogens with two attached hydrogens (primary N) is 1. The Labute approximate surface area is 134 Å². The third kappa shape index (κ3) is 2.78. The van der Waals surface area contributed by atoms with Crippen LogP contribution in [0.1, 0.15) is 25.2 Å². The van der Waals surface area contributed by atoms with Crippen molar-refractivity contribution < 1.29 is 0 Å². The molecule has 0 radical (unpaired) electrons. The molecular formula is C15H18Cl2N4. The van der Waals surface area contributed by atoms with Crippen LogP contribution >= 0.6 is 24.0 Å². The SMILES string of the molecule is CC(C)Cc1cccc2nc(N)c3[nH]c(CCl)nc3c12.Cl. The number of fused-ring (bicyclic) bond motifs is 3. The molecule has 0 unspecified atom stereocenters. The topological polar surface area (TPSA) is 67.6 Å². The second kappa shape index (κ2) is 6.08. The summed E-state index contributed by atoms with van der Waals surface area (Å²) in [6.45, 7) is 4.41. The Morgan fingerprint density at radius 1 is 1.29 bits per heavy atom. The number of aromatic nitrogens is 3. The number of imidazole rings is 1. The zero-order valence-electron chi connectivity index (χ0n) is 12.0. The number of nitrogen functional groups attached to an aromatic ring is 1. The maximum Gasteiger partial charge on any atom is 0.150 e. The number of nitrogens with zero attached hydrogens (tertiary/aromatic N) is 2. The molecule has 0 fully saturated rings. The van der Waals surface area contributed by atoms with Gasteiger partial charge in [-0.3, -0.25) is 0 Å². The van der Waals surface area contributed by atoms with Crippen LogP contribution in [0.15, 0.2) is 18.2 Å². The maximum atomic E-state index is 6.02. The first-order valence-electron chi connectivity index (χ1n) is 6.71. The average Bonchev–Trinajstić information content (AvgIpc) is 2.83. The molecule has 0 atom stereocenters. The molecule has 0 bridgehead atoms. The highest BCUT2D eigenvalue weighted by molar-refractivity contribution is 6.17. The summed E-state index contributed by atoms with van der Waals surface area (Å²) >= 11 is 5.87. The lowest BCUT2D eigenvalue weighted by atomic mass is 9.98. The first-order chi connectivity index (χ1) is 9.60. The number of halogens is 2. The van der Waals surface area contributed by atoms with E-state index in [0.29, 0.717) is 17.6 Å². The van der Waals surface area contributed by atoms with Crippen molar-refractivity contribution in [3.8, 4) is 0 Å². The predicted octanol–water partition coefficient (Wildman–Crippen LogP) is 4.05. The van der Waals surface area contributed by atoms with Crippen LogP contribution in [0.2, 0.25) is 0 Å². The smallest absolute Gasteiger partial charge is 0.150 e. The minimum absolute atomic E-state index is 0. The number of anilines is 1. The Hall–Kier alpha value is -1.52. The summed E-state index contributed by atoms with van der Waals surface area (Å²) in [6.07, 6.45) is 0.987. The molecule has 0 aliphatic heterocycles. The molecule has 3 aromatic rings. The number of nitrogens with one attached hydrogen (secondary N) is 1. The molecule has 2 heterocycles. The van der Waals surface area contributed by atoms with Gasteiger partial charge in [-0.1, -0.05) is 26.0 Å². The molecule has 21 heavy (non-hydrogen) atoms. The monoisotopic (exact) mass is 324 g/mol. The van der Waals surface area contributed by atoms with Crippen LogP contribution in [-0.4, -0.2) is 15.0 Å². The number of aromatic amines is 1. The Bertz CT molecular complexity index is 780. The quantitative estimate of drug-likeness (QED) is 0.714. The summed E-state index contributed by atoms with van der Waals surface area (Å²) < 4.78 is 0. The third-order valence-electron chi connectivity index (χ3n) is 3.37. The number of H-pyrrole nitrogens is 1. The van der Waals surface area contributed by atoms with Crippen molar-refractivity contribution in [2.75, 3.05) is 5.73 Å². The van der Waals surface area contributed by atoms with Crippen LogP contribution in [0.5, 0.6) is 0 Å². The van der Waals surface area contributed by atoms with E-state index in [1.54, 1.807) is 0 Å². The van der Waals surface area contributed by atoms with Crippen molar-refractivity contribution in [3.05, 3.63) is 29.6 Å². The third-order valence-corrected chi connectivity index (χ3v) is 3.62. The molecule has 0 spiro atoms. The number of pyridine rings is 1. The Morgan fingerprint density at radius 2 is 2.05 bits per heavy atom. The number of alkyl halides is 1. The molecule has 0 saturated carbocycles. The Morgan fingerprint density at radius 3 is 2.71 bits per heavy atom. The lowest BCUT2D eigenvalue weighted by Crippen LogP contribution is -1.98. The fraction of sp³-hybridized carbons (Fsp3) is 0.333. The number of benzene rings is 1. The molecule has 0 amide bonds. The molecule has 112 valence electrons. The van der Waals surface area contributed by atoms with Gasteiger partial charge < -0.3 is 10.7 Å². The van der Waals surface area contributed by atoms with Gasteiger partial charge in [0.15, 0.2) is 0 Å². The van der Waals surface area contributed by atoms with Crippen molar-refractivity contribution in [2.45, 2.75) is 26.1 Å².